The van der Waals surface area contributed by atoms with Crippen molar-refractivity contribution in [1.82, 2.24) is 4.90 Å². The van der Waals surface area contributed by atoms with E-state index in [1.807, 2.05) is 13.0 Å². The molecule has 0 amide bonds. The zero-order chi connectivity index (χ0) is 14.4. The summed E-state index contributed by atoms with van der Waals surface area (Å²) in [6.45, 7) is 7.20. The van der Waals surface area contributed by atoms with Crippen molar-refractivity contribution in [2.45, 2.75) is 13.3 Å². The molecule has 1 aromatic carbocycles. The molecule has 20 heavy (non-hydrogen) atoms. The molecule has 110 valence electrons. The van der Waals surface area contributed by atoms with Crippen molar-refractivity contribution in [3.8, 4) is 5.75 Å². The normalized spacial score (nSPS) is 16.1. The number of nitrogens with zero attached hydrogens (tertiary/aromatic N) is 1. The summed E-state index contributed by atoms with van der Waals surface area (Å²) in [6, 6.07) is 5.22. The molecule has 0 aliphatic carbocycles. The van der Waals surface area contributed by atoms with E-state index in [0.29, 0.717) is 12.1 Å². The van der Waals surface area contributed by atoms with E-state index in [1.54, 1.807) is 12.1 Å². The highest BCUT2D eigenvalue weighted by atomic mass is 16.5. The van der Waals surface area contributed by atoms with E-state index in [1.165, 1.54) is 0 Å². The minimum Gasteiger partial charge on any atom is -0.493 e. The Balaban J connectivity index is 1.77. The van der Waals surface area contributed by atoms with Crippen LogP contribution in [0.2, 0.25) is 0 Å². The standard InChI is InChI=1S/C14H22BNO4/c1-12-3-4-13(15(17)18)11-14(12)20-8-2-5-16-6-9-19-10-7-16/h3-4,11,17-18H,2,5-10H2,1H3. The largest absolute Gasteiger partial charge is 0.493 e. The van der Waals surface area contributed by atoms with Crippen LogP contribution in [0.15, 0.2) is 18.2 Å². The third kappa shape index (κ3) is 4.49. The summed E-state index contributed by atoms with van der Waals surface area (Å²) in [5.41, 5.74) is 1.46. The van der Waals surface area contributed by atoms with Gasteiger partial charge in [-0.3, -0.25) is 4.90 Å². The molecule has 1 aromatic rings. The fourth-order valence-corrected chi connectivity index (χ4v) is 2.23. The fourth-order valence-electron chi connectivity index (χ4n) is 2.23. The van der Waals surface area contributed by atoms with Gasteiger partial charge < -0.3 is 19.5 Å². The smallest absolute Gasteiger partial charge is 0.488 e. The summed E-state index contributed by atoms with van der Waals surface area (Å²) < 4.78 is 11.0. The van der Waals surface area contributed by atoms with E-state index >= 15 is 0 Å². The van der Waals surface area contributed by atoms with Gasteiger partial charge in [0.2, 0.25) is 0 Å². The van der Waals surface area contributed by atoms with Gasteiger partial charge in [-0.2, -0.15) is 0 Å². The van der Waals surface area contributed by atoms with E-state index < -0.39 is 7.12 Å². The third-order valence-corrected chi connectivity index (χ3v) is 3.49. The monoisotopic (exact) mass is 279 g/mol. The van der Waals surface area contributed by atoms with Gasteiger partial charge in [0.1, 0.15) is 5.75 Å². The second-order valence-corrected chi connectivity index (χ2v) is 5.05. The van der Waals surface area contributed by atoms with Gasteiger partial charge in [-0.15, -0.1) is 0 Å². The van der Waals surface area contributed by atoms with Gasteiger partial charge in [-0.05, 0) is 30.4 Å². The van der Waals surface area contributed by atoms with E-state index in [4.69, 9.17) is 19.5 Å². The first-order valence-electron chi connectivity index (χ1n) is 7.06. The number of hydrogen-bond acceptors (Lipinski definition) is 5. The van der Waals surface area contributed by atoms with Crippen molar-refractivity contribution in [1.29, 1.82) is 0 Å². The summed E-state index contributed by atoms with van der Waals surface area (Å²) in [6.07, 6.45) is 0.950. The first-order chi connectivity index (χ1) is 9.66. The summed E-state index contributed by atoms with van der Waals surface area (Å²) >= 11 is 0. The van der Waals surface area contributed by atoms with Crippen LogP contribution in [-0.2, 0) is 4.74 Å². The Hall–Kier alpha value is -1.08. The first-order valence-corrected chi connectivity index (χ1v) is 7.06. The summed E-state index contributed by atoms with van der Waals surface area (Å²) in [7, 11) is -1.45. The second-order valence-electron chi connectivity index (χ2n) is 5.05. The Morgan fingerprint density at radius 1 is 1.30 bits per heavy atom. The molecule has 0 unspecified atom stereocenters. The molecule has 0 aromatic heterocycles. The average molecular weight is 279 g/mol. The van der Waals surface area contributed by atoms with Crippen LogP contribution in [-0.4, -0.2) is 61.5 Å². The molecule has 1 fully saturated rings. The van der Waals surface area contributed by atoms with E-state index in [9.17, 15) is 0 Å². The molecule has 5 nitrogen and oxygen atoms in total. The number of morpholine rings is 1. The zero-order valence-corrected chi connectivity index (χ0v) is 11.9. The molecule has 0 spiro atoms. The van der Waals surface area contributed by atoms with Crippen LogP contribution in [0.4, 0.5) is 0 Å². The number of aryl methyl sites for hydroxylation is 1. The highest BCUT2D eigenvalue weighted by Gasteiger charge is 2.13. The molecule has 0 radical (unpaired) electrons. The van der Waals surface area contributed by atoms with Crippen molar-refractivity contribution in [3.05, 3.63) is 23.8 Å². The van der Waals surface area contributed by atoms with Crippen LogP contribution in [0.3, 0.4) is 0 Å². The molecule has 1 heterocycles. The SMILES string of the molecule is Cc1ccc(B(O)O)cc1OCCCN1CCOCC1. The van der Waals surface area contributed by atoms with Gasteiger partial charge in [0.15, 0.2) is 0 Å². The topological polar surface area (TPSA) is 62.2 Å². The quantitative estimate of drug-likeness (QED) is 0.556. The van der Waals surface area contributed by atoms with E-state index in [-0.39, 0.29) is 0 Å². The Morgan fingerprint density at radius 3 is 2.75 bits per heavy atom. The van der Waals surface area contributed by atoms with Crippen LogP contribution >= 0.6 is 0 Å². The van der Waals surface area contributed by atoms with Crippen LogP contribution in [0.1, 0.15) is 12.0 Å². The minimum absolute atomic E-state index is 0.457. The molecule has 2 rings (SSSR count). The molecular weight excluding hydrogens is 257 g/mol. The lowest BCUT2D eigenvalue weighted by Crippen LogP contribution is -2.37. The van der Waals surface area contributed by atoms with Gasteiger partial charge in [0, 0.05) is 19.6 Å². The second kappa shape index (κ2) is 7.64. The van der Waals surface area contributed by atoms with Crippen molar-refractivity contribution >= 4 is 12.6 Å². The highest BCUT2D eigenvalue weighted by Crippen LogP contribution is 2.15. The van der Waals surface area contributed by atoms with Crippen LogP contribution in [0.5, 0.6) is 5.75 Å². The van der Waals surface area contributed by atoms with Crippen LogP contribution in [0.25, 0.3) is 0 Å². The highest BCUT2D eigenvalue weighted by molar-refractivity contribution is 6.58. The first kappa shape index (κ1) is 15.3. The summed E-state index contributed by atoms with van der Waals surface area (Å²) in [4.78, 5) is 2.37. The Morgan fingerprint density at radius 2 is 2.05 bits per heavy atom. The fraction of sp³-hybridized carbons (Fsp3) is 0.571. The van der Waals surface area contributed by atoms with Gasteiger partial charge in [-0.25, -0.2) is 0 Å². The van der Waals surface area contributed by atoms with Gasteiger partial charge >= 0.3 is 7.12 Å². The Labute approximate surface area is 120 Å². The molecule has 1 aliphatic rings. The third-order valence-electron chi connectivity index (χ3n) is 3.49. The van der Waals surface area contributed by atoms with Crippen molar-refractivity contribution < 1.29 is 19.5 Å². The van der Waals surface area contributed by atoms with Crippen molar-refractivity contribution in [2.75, 3.05) is 39.5 Å². The summed E-state index contributed by atoms with van der Waals surface area (Å²) in [5.74, 6) is 0.720. The maximum atomic E-state index is 9.16. The maximum absolute atomic E-state index is 9.16. The van der Waals surface area contributed by atoms with Crippen LogP contribution < -0.4 is 10.2 Å². The predicted molar refractivity (Wildman–Crippen MR) is 78.4 cm³/mol. The van der Waals surface area contributed by atoms with Crippen LogP contribution in [0, 0.1) is 6.92 Å². The molecule has 1 aliphatic heterocycles. The lowest BCUT2D eigenvalue weighted by molar-refractivity contribution is 0.0358. The Bertz CT molecular complexity index is 422. The summed E-state index contributed by atoms with van der Waals surface area (Å²) in [5, 5.41) is 18.3. The van der Waals surface area contributed by atoms with E-state index in [0.717, 1.165) is 50.6 Å². The molecule has 0 atom stereocenters. The van der Waals surface area contributed by atoms with Gasteiger partial charge in [0.25, 0.3) is 0 Å². The number of benzene rings is 1. The number of rotatable bonds is 6. The molecule has 1 saturated heterocycles. The minimum atomic E-state index is -1.45. The molecule has 0 bridgehead atoms. The predicted octanol–water partition coefficient (Wildman–Crippen LogP) is -0.224. The van der Waals surface area contributed by atoms with Crippen molar-refractivity contribution in [2.24, 2.45) is 0 Å². The molecular formula is C14H22BNO4. The lowest BCUT2D eigenvalue weighted by Gasteiger charge is -2.26. The molecule has 2 N–H and O–H groups in total. The van der Waals surface area contributed by atoms with Gasteiger partial charge in [-0.1, -0.05) is 12.1 Å². The number of ether oxygens (including phenoxy) is 2. The lowest BCUT2D eigenvalue weighted by atomic mass is 9.80. The van der Waals surface area contributed by atoms with E-state index in [2.05, 4.69) is 4.90 Å². The van der Waals surface area contributed by atoms with Crippen molar-refractivity contribution in [3.63, 3.8) is 0 Å². The molecule has 0 saturated carbocycles. The average Bonchev–Trinajstić information content (AvgIpc) is 2.46. The maximum Gasteiger partial charge on any atom is 0.488 e. The number of hydrogen-bond donors (Lipinski definition) is 2. The molecule has 6 heteroatoms. The van der Waals surface area contributed by atoms with Gasteiger partial charge in [0.05, 0.1) is 19.8 Å². The zero-order valence-electron chi connectivity index (χ0n) is 11.9. The Kier molecular flexibility index (Phi) is 5.85.